The third-order valence-electron chi connectivity index (χ3n) is 4.59. The Labute approximate surface area is 196 Å². The molecule has 0 unspecified atom stereocenters. The van der Waals surface area contributed by atoms with Gasteiger partial charge in [-0.2, -0.15) is 0 Å². The van der Waals surface area contributed by atoms with Crippen LogP contribution in [0.15, 0.2) is 33.3 Å². The molecule has 1 aromatic rings. The quantitative estimate of drug-likeness (QED) is 0.124. The zero-order valence-corrected chi connectivity index (χ0v) is 19.7. The van der Waals surface area contributed by atoms with Gasteiger partial charge in [0.25, 0.3) is 11.8 Å². The predicted octanol–water partition coefficient (Wildman–Crippen LogP) is 0.451. The Morgan fingerprint density at radius 1 is 1.50 bits per heavy atom. The third kappa shape index (κ3) is 5.09. The van der Waals surface area contributed by atoms with Gasteiger partial charge in [0.15, 0.2) is 10.8 Å². The first-order chi connectivity index (χ1) is 15.2. The Balaban J connectivity index is 1.70. The standard InChI is InChI=1S/C18H22N6O5S3/c1-23(2)4-6-30-5-3-9-7-31-16-12(15(26)24(16)13(9)17(27)28)21-14(25)11(22-29)10-8-32-18(19)20-10/h3,5,8,12,16,29H,4,6-7H2,1-2H3,(H2,19,20)(H,21,25)(H,27,28)/b5-3+,22-11?/t12-,16-/m1/s1. The molecule has 2 aliphatic rings. The Hall–Kier alpha value is -2.55. The lowest BCUT2D eigenvalue weighted by Gasteiger charge is -2.49. The van der Waals surface area contributed by atoms with Crippen LogP contribution in [0.4, 0.5) is 5.13 Å². The fourth-order valence-electron chi connectivity index (χ4n) is 3.02. The number of hydrogen-bond acceptors (Lipinski definition) is 11. The van der Waals surface area contributed by atoms with Crippen molar-refractivity contribution in [2.24, 2.45) is 5.16 Å². The SMILES string of the molecule is CN(C)CCS/C=C/C1=C(C(=O)O)N2C(=O)[C@@H](NC(=O)C(=NO)c3csc(N)n3)[C@H]2SC1. The van der Waals surface area contributed by atoms with Crippen molar-refractivity contribution in [3.05, 3.63) is 33.8 Å². The van der Waals surface area contributed by atoms with E-state index in [-0.39, 0.29) is 22.2 Å². The maximum absolute atomic E-state index is 12.7. The molecule has 0 bridgehead atoms. The van der Waals surface area contributed by atoms with Crippen LogP contribution in [-0.2, 0) is 14.4 Å². The van der Waals surface area contributed by atoms with E-state index in [1.165, 1.54) is 22.0 Å². The number of aliphatic carboxylic acids is 1. The van der Waals surface area contributed by atoms with Crippen LogP contribution >= 0.6 is 34.9 Å². The van der Waals surface area contributed by atoms with Crippen molar-refractivity contribution in [2.45, 2.75) is 11.4 Å². The molecule has 2 amide bonds. The predicted molar refractivity (Wildman–Crippen MR) is 125 cm³/mol. The summed E-state index contributed by atoms with van der Waals surface area (Å²) < 4.78 is 0. The summed E-state index contributed by atoms with van der Waals surface area (Å²) in [7, 11) is 3.94. The van der Waals surface area contributed by atoms with Crippen LogP contribution in [-0.4, -0.2) is 92.2 Å². The molecule has 0 aliphatic carbocycles. The minimum absolute atomic E-state index is 0.0812. The molecular formula is C18H22N6O5S3. The molecule has 1 aromatic heterocycles. The first kappa shape index (κ1) is 24.1. The van der Waals surface area contributed by atoms with Crippen LogP contribution in [0.1, 0.15) is 5.69 Å². The number of amides is 2. The van der Waals surface area contributed by atoms with Gasteiger partial charge in [0.05, 0.1) is 0 Å². The molecule has 0 aromatic carbocycles. The van der Waals surface area contributed by atoms with Crippen molar-refractivity contribution in [1.29, 1.82) is 0 Å². The van der Waals surface area contributed by atoms with Gasteiger partial charge in [-0.25, -0.2) is 9.78 Å². The average Bonchev–Trinajstić information content (AvgIpc) is 3.17. The number of nitrogens with zero attached hydrogens (tertiary/aromatic N) is 4. The molecular weight excluding hydrogens is 476 g/mol. The summed E-state index contributed by atoms with van der Waals surface area (Å²) in [5.74, 6) is -1.33. The summed E-state index contributed by atoms with van der Waals surface area (Å²) in [6.45, 7) is 0.884. The maximum Gasteiger partial charge on any atom is 0.352 e. The van der Waals surface area contributed by atoms with Crippen molar-refractivity contribution in [2.75, 3.05) is 37.9 Å². The highest BCUT2D eigenvalue weighted by Gasteiger charge is 2.54. The number of oxime groups is 1. The zero-order valence-electron chi connectivity index (χ0n) is 17.2. The number of anilines is 1. The highest BCUT2D eigenvalue weighted by molar-refractivity contribution is 8.02. The molecule has 0 radical (unpaired) electrons. The second-order valence-corrected chi connectivity index (χ2v) is 10.0. The number of rotatable bonds is 9. The van der Waals surface area contributed by atoms with Crippen LogP contribution in [0.5, 0.6) is 0 Å². The van der Waals surface area contributed by atoms with Gasteiger partial charge in [-0.05, 0) is 31.2 Å². The Morgan fingerprint density at radius 2 is 2.25 bits per heavy atom. The monoisotopic (exact) mass is 498 g/mol. The van der Waals surface area contributed by atoms with E-state index in [1.807, 2.05) is 24.4 Å². The molecule has 1 saturated heterocycles. The number of carbonyl (C=O) groups excluding carboxylic acids is 2. The van der Waals surface area contributed by atoms with Crippen molar-refractivity contribution < 1.29 is 24.7 Å². The molecule has 32 heavy (non-hydrogen) atoms. The van der Waals surface area contributed by atoms with Crippen LogP contribution in [0, 0.1) is 0 Å². The van der Waals surface area contributed by atoms with E-state index in [9.17, 15) is 24.7 Å². The number of nitrogens with one attached hydrogen (secondary N) is 1. The first-order valence-electron chi connectivity index (χ1n) is 9.33. The van der Waals surface area contributed by atoms with Gasteiger partial charge in [0.1, 0.15) is 22.8 Å². The lowest BCUT2D eigenvalue weighted by atomic mass is 10.0. The first-order valence-corrected chi connectivity index (χ1v) is 12.3. The lowest BCUT2D eigenvalue weighted by molar-refractivity contribution is -0.150. The lowest BCUT2D eigenvalue weighted by Crippen LogP contribution is -2.71. The summed E-state index contributed by atoms with van der Waals surface area (Å²) in [4.78, 5) is 44.3. The third-order valence-corrected chi connectivity index (χ3v) is 7.31. The average molecular weight is 499 g/mol. The van der Waals surface area contributed by atoms with Gasteiger partial charge in [0, 0.05) is 23.4 Å². The van der Waals surface area contributed by atoms with Gasteiger partial charge < -0.3 is 26.3 Å². The Kier molecular flexibility index (Phi) is 7.82. The van der Waals surface area contributed by atoms with E-state index in [2.05, 4.69) is 15.5 Å². The molecule has 1 fully saturated rings. The smallest absolute Gasteiger partial charge is 0.352 e. The fraction of sp³-hybridized carbons (Fsp3) is 0.389. The van der Waals surface area contributed by atoms with E-state index in [4.69, 9.17) is 5.73 Å². The second-order valence-electron chi connectivity index (χ2n) is 7.04. The second kappa shape index (κ2) is 10.4. The number of allylic oxidation sites excluding steroid dienone is 1. The Morgan fingerprint density at radius 3 is 2.84 bits per heavy atom. The summed E-state index contributed by atoms with van der Waals surface area (Å²) in [5, 5.41) is 27.3. The minimum atomic E-state index is -1.21. The molecule has 11 nitrogen and oxygen atoms in total. The van der Waals surface area contributed by atoms with Crippen LogP contribution in [0.2, 0.25) is 0 Å². The number of carboxylic acid groups (broad SMARTS) is 1. The number of carbonyl (C=O) groups is 3. The summed E-state index contributed by atoms with van der Waals surface area (Å²) in [6.07, 6.45) is 1.72. The van der Waals surface area contributed by atoms with Crippen molar-refractivity contribution in [3.8, 4) is 0 Å². The molecule has 3 rings (SSSR count). The minimum Gasteiger partial charge on any atom is -0.477 e. The Bertz CT molecular complexity index is 1000. The summed E-state index contributed by atoms with van der Waals surface area (Å²) in [5.41, 5.74) is 5.70. The van der Waals surface area contributed by atoms with E-state index in [0.717, 1.165) is 23.6 Å². The highest BCUT2D eigenvalue weighted by atomic mass is 32.2. The van der Waals surface area contributed by atoms with Crippen molar-refractivity contribution >= 4 is 63.5 Å². The van der Waals surface area contributed by atoms with Crippen molar-refractivity contribution in [3.63, 3.8) is 0 Å². The molecule has 0 spiro atoms. The van der Waals surface area contributed by atoms with Crippen LogP contribution in [0.25, 0.3) is 0 Å². The number of thiazole rings is 1. The van der Waals surface area contributed by atoms with Gasteiger partial charge in [0.2, 0.25) is 0 Å². The molecule has 172 valence electrons. The number of β-lactam (4-membered cyclic amide) rings is 1. The van der Waals surface area contributed by atoms with Gasteiger partial charge in [-0.1, -0.05) is 5.16 Å². The molecule has 2 atom stereocenters. The molecule has 0 saturated carbocycles. The molecule has 3 heterocycles. The number of nitrogens with two attached hydrogens (primary N) is 1. The molecule has 5 N–H and O–H groups in total. The van der Waals surface area contributed by atoms with E-state index >= 15 is 0 Å². The van der Waals surface area contributed by atoms with E-state index < -0.39 is 29.2 Å². The van der Waals surface area contributed by atoms with Gasteiger partial charge in [-0.15, -0.1) is 34.9 Å². The normalized spacial score (nSPS) is 21.2. The van der Waals surface area contributed by atoms with Gasteiger partial charge >= 0.3 is 5.97 Å². The number of hydrogen-bond donors (Lipinski definition) is 4. The fourth-order valence-corrected chi connectivity index (χ4v) is 5.76. The largest absolute Gasteiger partial charge is 0.477 e. The number of aromatic nitrogens is 1. The van der Waals surface area contributed by atoms with Crippen LogP contribution < -0.4 is 11.1 Å². The zero-order chi connectivity index (χ0) is 23.4. The van der Waals surface area contributed by atoms with E-state index in [1.54, 1.807) is 17.8 Å². The number of fused-ring (bicyclic) bond motifs is 1. The maximum atomic E-state index is 12.7. The number of carboxylic acids is 1. The van der Waals surface area contributed by atoms with Gasteiger partial charge in [-0.3, -0.25) is 14.5 Å². The topological polar surface area (TPSA) is 161 Å². The van der Waals surface area contributed by atoms with Crippen LogP contribution in [0.3, 0.4) is 0 Å². The number of thioether (sulfide) groups is 2. The molecule has 2 aliphatic heterocycles. The highest BCUT2D eigenvalue weighted by Crippen LogP contribution is 2.40. The van der Waals surface area contributed by atoms with E-state index in [0.29, 0.717) is 11.3 Å². The summed E-state index contributed by atoms with van der Waals surface area (Å²) >= 11 is 3.97. The molecule has 14 heteroatoms. The van der Waals surface area contributed by atoms with Crippen molar-refractivity contribution in [1.82, 2.24) is 20.1 Å². The summed E-state index contributed by atoms with van der Waals surface area (Å²) in [6, 6.07) is -0.949. The number of nitrogen functional groups attached to an aromatic ring is 1.